The van der Waals surface area contributed by atoms with E-state index in [1.54, 1.807) is 7.05 Å². The average Bonchev–Trinajstić information content (AvgIpc) is 2.76. The number of benzene rings is 1. The molecule has 0 spiro atoms. The predicted molar refractivity (Wildman–Crippen MR) is 78.4 cm³/mol. The molecule has 0 aliphatic carbocycles. The smallest absolute Gasteiger partial charge is 0.141 e. The number of nitrogens with one attached hydrogen (secondary N) is 1. The first-order valence-electron chi connectivity index (χ1n) is 5.19. The Labute approximate surface area is 146 Å². The summed E-state index contributed by atoms with van der Waals surface area (Å²) in [5.41, 5.74) is 8.38. The number of aliphatic imine (C=N–C) groups is 2. The van der Waals surface area contributed by atoms with E-state index in [9.17, 15) is 0 Å². The molecule has 0 amide bonds. The number of aromatic nitrogens is 1. The molecule has 4 nitrogen and oxygen atoms in total. The van der Waals surface area contributed by atoms with Gasteiger partial charge in [-0.2, -0.15) is 0 Å². The molecule has 1 aromatic heterocycles. The van der Waals surface area contributed by atoms with Crippen LogP contribution in [0.4, 0.5) is 5.82 Å². The number of aromatic amines is 1. The first kappa shape index (κ1) is 16.0. The zero-order valence-electron chi connectivity index (χ0n) is 10.1. The predicted octanol–water partition coefficient (Wildman–Crippen LogP) is 1.69. The number of fused-ring (bicyclic) bond motifs is 1. The van der Waals surface area contributed by atoms with Crippen molar-refractivity contribution >= 4 is 41.9 Å². The van der Waals surface area contributed by atoms with E-state index in [0.717, 1.165) is 22.0 Å². The Morgan fingerprint density at radius 1 is 1.47 bits per heavy atom. The fraction of sp³-hybridized carbons (Fsp3) is 0.0769. The number of nitrogens with zero attached hydrogens (tertiary/aromatic N) is 2. The van der Waals surface area contributed by atoms with Crippen molar-refractivity contribution in [2.24, 2.45) is 15.7 Å². The van der Waals surface area contributed by atoms with Crippen LogP contribution >= 0.6 is 0 Å². The second kappa shape index (κ2) is 6.90. The van der Waals surface area contributed by atoms with Crippen LogP contribution in [0.1, 0.15) is 11.1 Å². The molecule has 0 saturated carbocycles. The second-order valence-corrected chi connectivity index (χ2v) is 3.81. The molecule has 1 radical (unpaired) electrons. The van der Waals surface area contributed by atoms with Gasteiger partial charge in [-0.15, -0.1) is 0 Å². The molecule has 1 heterocycles. The van der Waals surface area contributed by atoms with E-state index in [0.29, 0.717) is 11.7 Å². The first-order valence-corrected chi connectivity index (χ1v) is 5.60. The molecule has 3 N–H and O–H groups in total. The molecule has 0 bridgehead atoms. The van der Waals surface area contributed by atoms with Crippen LogP contribution in [0.25, 0.3) is 10.9 Å². The van der Waals surface area contributed by atoms with Crippen molar-refractivity contribution in [3.63, 3.8) is 0 Å². The molecule has 0 saturated heterocycles. The van der Waals surface area contributed by atoms with Gasteiger partial charge in [-0.05, 0) is 24.9 Å². The van der Waals surface area contributed by atoms with E-state index >= 15 is 0 Å². The molecule has 19 heavy (non-hydrogen) atoms. The van der Waals surface area contributed by atoms with Gasteiger partial charge in [0.25, 0.3) is 0 Å². The maximum absolute atomic E-state index is 5.89. The SMILES string of the molecule is C=Nc1[nH]c2ccc(C#C[S-])cc2c1C(N)=NC.[Tm]. The molecule has 0 unspecified atom stereocenters. The van der Waals surface area contributed by atoms with Crippen LogP contribution in [-0.4, -0.2) is 24.6 Å². The van der Waals surface area contributed by atoms with Gasteiger partial charge in [-0.3, -0.25) is 4.99 Å². The molecular weight excluding hydrogens is 413 g/mol. The summed E-state index contributed by atoms with van der Waals surface area (Å²) in [6, 6.07) is 5.70. The van der Waals surface area contributed by atoms with Gasteiger partial charge >= 0.3 is 0 Å². The van der Waals surface area contributed by atoms with Crippen LogP contribution in [0.3, 0.4) is 0 Å². The molecular formula is C13H11N4STm-. The third-order valence-corrected chi connectivity index (χ3v) is 2.73. The fourth-order valence-corrected chi connectivity index (χ4v) is 1.92. The van der Waals surface area contributed by atoms with E-state index in [4.69, 9.17) is 5.73 Å². The van der Waals surface area contributed by atoms with Crippen LogP contribution < -0.4 is 5.73 Å². The van der Waals surface area contributed by atoms with Gasteiger partial charge in [0.15, 0.2) is 0 Å². The minimum absolute atomic E-state index is 0. The summed E-state index contributed by atoms with van der Waals surface area (Å²) in [5, 5.41) is 3.37. The van der Waals surface area contributed by atoms with E-state index in [1.165, 1.54) is 0 Å². The van der Waals surface area contributed by atoms with Gasteiger partial charge in [0.1, 0.15) is 11.7 Å². The Bertz CT molecular complexity index is 706. The second-order valence-electron chi connectivity index (χ2n) is 3.60. The zero-order valence-corrected chi connectivity index (χ0v) is 12.7. The molecule has 0 aliphatic rings. The molecule has 6 heteroatoms. The Morgan fingerprint density at radius 3 is 2.79 bits per heavy atom. The summed E-state index contributed by atoms with van der Waals surface area (Å²) < 4.78 is 0. The Hall–Kier alpha value is -1.09. The summed E-state index contributed by atoms with van der Waals surface area (Å²) in [7, 11) is 1.63. The molecule has 1 aromatic carbocycles. The summed E-state index contributed by atoms with van der Waals surface area (Å²) in [5.74, 6) is 3.85. The van der Waals surface area contributed by atoms with E-state index in [2.05, 4.69) is 45.5 Å². The van der Waals surface area contributed by atoms with Crippen LogP contribution in [0.15, 0.2) is 28.2 Å². The number of H-pyrrole nitrogens is 1. The summed E-state index contributed by atoms with van der Waals surface area (Å²) in [4.78, 5) is 11.1. The van der Waals surface area contributed by atoms with E-state index < -0.39 is 0 Å². The van der Waals surface area contributed by atoms with Crippen molar-refractivity contribution in [3.05, 3.63) is 29.3 Å². The van der Waals surface area contributed by atoms with Gasteiger partial charge in [-0.1, -0.05) is 5.92 Å². The van der Waals surface area contributed by atoms with Crippen LogP contribution in [-0.2, 0) is 12.6 Å². The van der Waals surface area contributed by atoms with Gasteiger partial charge in [0.2, 0.25) is 0 Å². The van der Waals surface area contributed by atoms with Gasteiger partial charge in [0.05, 0.1) is 5.56 Å². The maximum Gasteiger partial charge on any atom is 0.141 e. The van der Waals surface area contributed by atoms with Gasteiger partial charge in [0, 0.05) is 60.4 Å². The molecule has 0 atom stereocenters. The Morgan fingerprint density at radius 2 is 2.21 bits per heavy atom. The molecule has 0 fully saturated rings. The van der Waals surface area contributed by atoms with Gasteiger partial charge < -0.3 is 23.3 Å². The fourth-order valence-electron chi connectivity index (χ4n) is 1.80. The van der Waals surface area contributed by atoms with Crippen LogP contribution in [0.5, 0.6) is 0 Å². The van der Waals surface area contributed by atoms with Crippen molar-refractivity contribution in [1.29, 1.82) is 0 Å². The van der Waals surface area contributed by atoms with Crippen molar-refractivity contribution in [3.8, 4) is 11.2 Å². The van der Waals surface area contributed by atoms with Crippen molar-refractivity contribution in [1.82, 2.24) is 4.98 Å². The van der Waals surface area contributed by atoms with E-state index in [-0.39, 0.29) is 36.9 Å². The number of nitrogens with two attached hydrogens (primary N) is 1. The van der Waals surface area contributed by atoms with Crippen molar-refractivity contribution in [2.45, 2.75) is 0 Å². The normalized spacial score (nSPS) is 10.5. The molecule has 103 valence electrons. The largest absolute Gasteiger partial charge is 0.724 e. The maximum atomic E-state index is 5.89. The molecule has 2 aromatic rings. The number of hydrogen-bond acceptors (Lipinski definition) is 3. The van der Waals surface area contributed by atoms with Crippen molar-refractivity contribution < 1.29 is 36.9 Å². The molecule has 2 rings (SSSR count). The number of rotatable bonds is 2. The van der Waals surface area contributed by atoms with Crippen LogP contribution in [0, 0.1) is 48.0 Å². The quantitative estimate of drug-likeness (QED) is 0.334. The monoisotopic (exact) mass is 424 g/mol. The van der Waals surface area contributed by atoms with Crippen molar-refractivity contribution in [2.75, 3.05) is 7.05 Å². The summed E-state index contributed by atoms with van der Waals surface area (Å²) >= 11 is 4.65. The van der Waals surface area contributed by atoms with Gasteiger partial charge in [-0.25, -0.2) is 10.2 Å². The van der Waals surface area contributed by atoms with Crippen LogP contribution in [0.2, 0.25) is 0 Å². The zero-order chi connectivity index (χ0) is 13.1. The number of amidine groups is 1. The molecule has 0 aliphatic heterocycles. The third kappa shape index (κ3) is 3.09. The standard InChI is InChI=1S/C13H12N4S.Tm/c1-15-12(14)11-9-7-8(5-6-18)3-4-10(9)17-13(11)16-2;/h3-4,7,17-18H,2H2,1H3,(H2,14,15);/p-1. The topological polar surface area (TPSA) is 66.5 Å². The summed E-state index contributed by atoms with van der Waals surface area (Å²) in [6.07, 6.45) is 0. The minimum Gasteiger partial charge on any atom is -0.724 e. The van der Waals surface area contributed by atoms with E-state index in [1.807, 2.05) is 18.2 Å². The summed E-state index contributed by atoms with van der Waals surface area (Å²) in [6.45, 7) is 3.53. The minimum atomic E-state index is 0. The Balaban J connectivity index is 0.00000180. The Kier molecular flexibility index (Phi) is 5.80. The number of hydrogen-bond donors (Lipinski definition) is 2. The third-order valence-electron chi connectivity index (χ3n) is 2.63. The average molecular weight is 424 g/mol. The first-order chi connectivity index (χ1) is 8.71.